The van der Waals surface area contributed by atoms with Crippen LogP contribution in [0.1, 0.15) is 41.6 Å². The molecule has 0 unspecified atom stereocenters. The van der Waals surface area contributed by atoms with E-state index in [1.54, 1.807) is 0 Å². The first-order valence-corrected chi connectivity index (χ1v) is 6.18. The Hall–Kier alpha value is -1.64. The number of nitrogens with one attached hydrogen (secondary N) is 1. The van der Waals surface area contributed by atoms with E-state index < -0.39 is 0 Å². The number of fused-ring (bicyclic) bond motifs is 1. The molecule has 17 heavy (non-hydrogen) atoms. The third-order valence-electron chi connectivity index (χ3n) is 3.75. The van der Waals surface area contributed by atoms with Crippen molar-refractivity contribution in [2.75, 3.05) is 5.32 Å². The highest BCUT2D eigenvalue weighted by Crippen LogP contribution is 2.31. The van der Waals surface area contributed by atoms with Gasteiger partial charge >= 0.3 is 0 Å². The number of anilines is 1. The first-order valence-electron chi connectivity index (χ1n) is 6.18. The molecule has 1 aromatic carbocycles. The summed E-state index contributed by atoms with van der Waals surface area (Å²) in [7, 11) is 0. The van der Waals surface area contributed by atoms with Gasteiger partial charge in [-0.3, -0.25) is 9.59 Å². The summed E-state index contributed by atoms with van der Waals surface area (Å²) in [5, 5.41) is 2.78. The summed E-state index contributed by atoms with van der Waals surface area (Å²) in [6, 6.07) is 5.54. The predicted octanol–water partition coefficient (Wildman–Crippen LogP) is 2.55. The highest BCUT2D eigenvalue weighted by Gasteiger charge is 2.23. The van der Waals surface area contributed by atoms with Crippen LogP contribution in [0.4, 0.5) is 5.69 Å². The van der Waals surface area contributed by atoms with Gasteiger partial charge in [-0.15, -0.1) is 0 Å². The highest BCUT2D eigenvalue weighted by atomic mass is 16.1. The summed E-state index contributed by atoms with van der Waals surface area (Å²) in [5.74, 6) is 0.830. The lowest BCUT2D eigenvalue weighted by Gasteiger charge is -2.24. The summed E-state index contributed by atoms with van der Waals surface area (Å²) in [6.45, 7) is 0. The molecular formula is C14H15NO2. The van der Waals surface area contributed by atoms with Crippen molar-refractivity contribution in [2.24, 2.45) is 5.92 Å². The Kier molecular flexibility index (Phi) is 2.46. The third-order valence-corrected chi connectivity index (χ3v) is 3.75. The Labute approximate surface area is 100 Å². The van der Waals surface area contributed by atoms with Gasteiger partial charge in [0.15, 0.2) is 5.78 Å². The van der Waals surface area contributed by atoms with Crippen LogP contribution in [0.3, 0.4) is 0 Å². The van der Waals surface area contributed by atoms with Gasteiger partial charge in [0, 0.05) is 17.7 Å². The smallest absolute Gasteiger partial charge is 0.228 e. The van der Waals surface area contributed by atoms with Gasteiger partial charge in [-0.05, 0) is 29.7 Å². The molecule has 1 aromatic rings. The molecule has 3 heteroatoms. The van der Waals surface area contributed by atoms with E-state index in [4.69, 9.17) is 0 Å². The van der Waals surface area contributed by atoms with Crippen molar-refractivity contribution in [3.63, 3.8) is 0 Å². The average Bonchev–Trinajstić information content (AvgIpc) is 2.62. The summed E-state index contributed by atoms with van der Waals surface area (Å²) in [6.07, 6.45) is 4.72. The van der Waals surface area contributed by atoms with Crippen LogP contribution >= 0.6 is 0 Å². The second-order valence-electron chi connectivity index (χ2n) is 5.02. The zero-order chi connectivity index (χ0) is 11.8. The second-order valence-corrected chi connectivity index (χ2v) is 5.02. The zero-order valence-corrected chi connectivity index (χ0v) is 9.66. The zero-order valence-electron chi connectivity index (χ0n) is 9.66. The van der Waals surface area contributed by atoms with Gasteiger partial charge in [0.1, 0.15) is 0 Å². The van der Waals surface area contributed by atoms with Crippen molar-refractivity contribution in [1.29, 1.82) is 0 Å². The number of rotatable bonds is 3. The van der Waals surface area contributed by atoms with E-state index in [1.165, 1.54) is 19.3 Å². The minimum Gasteiger partial charge on any atom is -0.326 e. The normalized spacial score (nSPS) is 18.5. The van der Waals surface area contributed by atoms with Crippen LogP contribution in [-0.4, -0.2) is 11.7 Å². The average molecular weight is 229 g/mol. The molecule has 1 aliphatic carbocycles. The number of hydrogen-bond donors (Lipinski definition) is 1. The SMILES string of the molecule is O=C1Cc2cc(C(=O)CC3CCC3)ccc2N1. The molecule has 0 aromatic heterocycles. The van der Waals surface area contributed by atoms with E-state index in [-0.39, 0.29) is 11.7 Å². The quantitative estimate of drug-likeness (QED) is 0.810. The fourth-order valence-corrected chi connectivity index (χ4v) is 2.48. The number of benzene rings is 1. The van der Waals surface area contributed by atoms with Crippen LogP contribution in [0, 0.1) is 5.92 Å². The number of carbonyl (C=O) groups is 2. The molecule has 1 N–H and O–H groups in total. The number of amides is 1. The van der Waals surface area contributed by atoms with E-state index in [0.29, 0.717) is 18.8 Å². The van der Waals surface area contributed by atoms with E-state index in [1.807, 2.05) is 18.2 Å². The minimum atomic E-state index is 0.0172. The molecule has 0 atom stereocenters. The molecule has 0 saturated heterocycles. The lowest BCUT2D eigenvalue weighted by Crippen LogP contribution is -2.16. The predicted molar refractivity (Wildman–Crippen MR) is 65.1 cm³/mol. The molecule has 1 heterocycles. The first kappa shape index (κ1) is 10.5. The van der Waals surface area contributed by atoms with Crippen LogP contribution in [0.2, 0.25) is 0 Å². The Balaban J connectivity index is 1.77. The molecule has 3 nitrogen and oxygen atoms in total. The molecular weight excluding hydrogens is 214 g/mol. The van der Waals surface area contributed by atoms with Gasteiger partial charge in [-0.25, -0.2) is 0 Å². The molecule has 2 aliphatic rings. The lowest BCUT2D eigenvalue weighted by molar-refractivity contribution is -0.115. The topological polar surface area (TPSA) is 46.2 Å². The van der Waals surface area contributed by atoms with Gasteiger partial charge < -0.3 is 5.32 Å². The molecule has 1 saturated carbocycles. The molecule has 3 rings (SSSR count). The van der Waals surface area contributed by atoms with Crippen LogP contribution in [0.15, 0.2) is 18.2 Å². The Bertz CT molecular complexity index is 489. The standard InChI is InChI=1S/C14H15NO2/c16-13(6-9-2-1-3-9)10-4-5-12-11(7-10)8-14(17)15-12/h4-5,7,9H,1-3,6,8H2,(H,15,17). The molecule has 1 aliphatic heterocycles. The van der Waals surface area contributed by atoms with Gasteiger partial charge in [-0.2, -0.15) is 0 Å². The fraction of sp³-hybridized carbons (Fsp3) is 0.429. The maximum atomic E-state index is 12.0. The largest absolute Gasteiger partial charge is 0.326 e. The van der Waals surface area contributed by atoms with Crippen molar-refractivity contribution < 1.29 is 9.59 Å². The molecule has 0 spiro atoms. The first-order chi connectivity index (χ1) is 8.22. The summed E-state index contributed by atoms with van der Waals surface area (Å²) < 4.78 is 0. The van der Waals surface area contributed by atoms with Gasteiger partial charge in [-0.1, -0.05) is 19.3 Å². The molecule has 1 fully saturated rings. The lowest BCUT2D eigenvalue weighted by atomic mass is 9.81. The van der Waals surface area contributed by atoms with Crippen LogP contribution in [0.25, 0.3) is 0 Å². The van der Waals surface area contributed by atoms with E-state index in [9.17, 15) is 9.59 Å². The van der Waals surface area contributed by atoms with E-state index >= 15 is 0 Å². The molecule has 88 valence electrons. The molecule has 0 bridgehead atoms. The second kappa shape index (κ2) is 3.99. The Morgan fingerprint density at radius 3 is 2.88 bits per heavy atom. The van der Waals surface area contributed by atoms with Crippen molar-refractivity contribution in [1.82, 2.24) is 0 Å². The van der Waals surface area contributed by atoms with Crippen molar-refractivity contribution in [3.05, 3.63) is 29.3 Å². The van der Waals surface area contributed by atoms with Gasteiger partial charge in [0.05, 0.1) is 6.42 Å². The van der Waals surface area contributed by atoms with Crippen LogP contribution < -0.4 is 5.32 Å². The van der Waals surface area contributed by atoms with Crippen LogP contribution in [-0.2, 0) is 11.2 Å². The monoisotopic (exact) mass is 229 g/mol. The number of carbonyl (C=O) groups excluding carboxylic acids is 2. The minimum absolute atomic E-state index is 0.0172. The van der Waals surface area contributed by atoms with Crippen molar-refractivity contribution in [2.45, 2.75) is 32.1 Å². The maximum absolute atomic E-state index is 12.0. The van der Waals surface area contributed by atoms with Gasteiger partial charge in [0.2, 0.25) is 5.91 Å². The van der Waals surface area contributed by atoms with Gasteiger partial charge in [0.25, 0.3) is 0 Å². The maximum Gasteiger partial charge on any atom is 0.228 e. The van der Waals surface area contributed by atoms with Crippen molar-refractivity contribution in [3.8, 4) is 0 Å². The summed E-state index contributed by atoms with van der Waals surface area (Å²) in [5.41, 5.74) is 2.57. The molecule has 1 amide bonds. The fourth-order valence-electron chi connectivity index (χ4n) is 2.48. The van der Waals surface area contributed by atoms with E-state index in [0.717, 1.165) is 16.8 Å². The molecule has 0 radical (unpaired) electrons. The van der Waals surface area contributed by atoms with E-state index in [2.05, 4.69) is 5.32 Å². The number of Topliss-reactive ketones (excluding diaryl/α,β-unsaturated/α-hetero) is 1. The number of hydrogen-bond acceptors (Lipinski definition) is 2. The van der Waals surface area contributed by atoms with Crippen molar-refractivity contribution >= 4 is 17.4 Å². The number of ketones is 1. The Morgan fingerprint density at radius 1 is 1.35 bits per heavy atom. The third kappa shape index (κ3) is 1.97. The van der Waals surface area contributed by atoms with Crippen LogP contribution in [0.5, 0.6) is 0 Å². The highest BCUT2D eigenvalue weighted by molar-refractivity contribution is 6.02. The Morgan fingerprint density at radius 2 is 2.18 bits per heavy atom. The summed E-state index contributed by atoms with van der Waals surface area (Å²) in [4.78, 5) is 23.2. The summed E-state index contributed by atoms with van der Waals surface area (Å²) >= 11 is 0.